The Hall–Kier alpha value is -1.42. The number of carbonyl (C=O) groups is 1. The summed E-state index contributed by atoms with van der Waals surface area (Å²) in [6, 6.07) is 2.93. The van der Waals surface area contributed by atoms with Crippen molar-refractivity contribution in [2.45, 2.75) is 63.8 Å². The number of aryl methyl sites for hydroxylation is 1. The third-order valence-electron chi connectivity index (χ3n) is 6.18. The number of methoxy groups -OCH3 is 1. The normalized spacial score (nSPS) is 27.4. The molecule has 0 spiro atoms. The third-order valence-corrected chi connectivity index (χ3v) is 6.18. The second-order valence-corrected chi connectivity index (χ2v) is 7.90. The van der Waals surface area contributed by atoms with Crippen LogP contribution in [0.15, 0.2) is 18.5 Å². The lowest BCUT2D eigenvalue weighted by molar-refractivity contribution is -0.146. The van der Waals surface area contributed by atoms with Gasteiger partial charge in [-0.2, -0.15) is 0 Å². The minimum atomic E-state index is -0.0155. The highest BCUT2D eigenvalue weighted by atomic mass is 16.5. The largest absolute Gasteiger partial charge is 0.469 e. The van der Waals surface area contributed by atoms with Gasteiger partial charge < -0.3 is 4.74 Å². The van der Waals surface area contributed by atoms with E-state index in [1.807, 2.05) is 12.4 Å². The van der Waals surface area contributed by atoms with Gasteiger partial charge in [-0.05, 0) is 82.0 Å². The molecule has 3 rings (SSSR count). The lowest BCUT2D eigenvalue weighted by atomic mass is 9.79. The number of pyridine rings is 1. The predicted molar refractivity (Wildman–Crippen MR) is 99.2 cm³/mol. The number of carbonyl (C=O) groups excluding carboxylic acids is 1. The van der Waals surface area contributed by atoms with Crippen LogP contribution in [0.5, 0.6) is 0 Å². The summed E-state index contributed by atoms with van der Waals surface area (Å²) in [5.74, 6) is 0.904. The molecular weight excluding hydrogens is 312 g/mol. The summed E-state index contributed by atoms with van der Waals surface area (Å²) < 4.78 is 4.88. The van der Waals surface area contributed by atoms with Crippen molar-refractivity contribution < 1.29 is 9.53 Å². The first-order chi connectivity index (χ1) is 12.2. The number of likely N-dealkylation sites (tertiary alicyclic amines) is 1. The predicted octanol–water partition coefficient (Wildman–Crippen LogP) is 4.15. The number of esters is 1. The van der Waals surface area contributed by atoms with E-state index in [2.05, 4.69) is 23.0 Å². The number of hydrogen-bond acceptors (Lipinski definition) is 4. The molecule has 1 aromatic heterocycles. The summed E-state index contributed by atoms with van der Waals surface area (Å²) in [5.41, 5.74) is 2.76. The van der Waals surface area contributed by atoms with Crippen molar-refractivity contribution in [3.63, 3.8) is 0 Å². The van der Waals surface area contributed by atoms with Gasteiger partial charge in [-0.25, -0.2) is 0 Å². The molecule has 0 N–H and O–H groups in total. The minimum absolute atomic E-state index is 0.0155. The fourth-order valence-electron chi connectivity index (χ4n) is 4.61. The van der Waals surface area contributed by atoms with E-state index < -0.39 is 0 Å². The van der Waals surface area contributed by atoms with Gasteiger partial charge in [-0.3, -0.25) is 14.7 Å². The number of aromatic nitrogens is 1. The molecular formula is C21H32N2O2. The molecule has 1 aliphatic carbocycles. The van der Waals surface area contributed by atoms with Crippen molar-refractivity contribution in [1.82, 2.24) is 9.88 Å². The van der Waals surface area contributed by atoms with Crippen molar-refractivity contribution in [3.05, 3.63) is 29.6 Å². The highest BCUT2D eigenvalue weighted by Gasteiger charge is 2.26. The monoisotopic (exact) mass is 344 g/mol. The van der Waals surface area contributed by atoms with Gasteiger partial charge in [0.2, 0.25) is 0 Å². The van der Waals surface area contributed by atoms with Gasteiger partial charge in [0.05, 0.1) is 13.0 Å². The Balaban J connectivity index is 1.43. The van der Waals surface area contributed by atoms with Gasteiger partial charge in [0.25, 0.3) is 0 Å². The highest BCUT2D eigenvalue weighted by molar-refractivity contribution is 5.72. The Morgan fingerprint density at radius 3 is 2.72 bits per heavy atom. The summed E-state index contributed by atoms with van der Waals surface area (Å²) in [7, 11) is 3.72. The van der Waals surface area contributed by atoms with E-state index in [0.29, 0.717) is 6.04 Å². The fourth-order valence-corrected chi connectivity index (χ4v) is 4.61. The van der Waals surface area contributed by atoms with E-state index in [-0.39, 0.29) is 11.9 Å². The molecule has 2 fully saturated rings. The molecule has 4 heteroatoms. The number of ether oxygens (including phenoxy) is 1. The summed E-state index contributed by atoms with van der Waals surface area (Å²) in [6.07, 6.45) is 14.6. The molecule has 2 aliphatic rings. The van der Waals surface area contributed by atoms with Crippen molar-refractivity contribution in [1.29, 1.82) is 0 Å². The lowest BCUT2D eigenvalue weighted by Gasteiger charge is -2.26. The molecule has 0 radical (unpaired) electrons. The lowest BCUT2D eigenvalue weighted by Crippen LogP contribution is -2.22. The van der Waals surface area contributed by atoms with E-state index >= 15 is 0 Å². The van der Waals surface area contributed by atoms with E-state index in [9.17, 15) is 4.79 Å². The number of rotatable bonds is 6. The first-order valence-corrected chi connectivity index (χ1v) is 9.89. The van der Waals surface area contributed by atoms with Crippen LogP contribution in [-0.4, -0.2) is 36.6 Å². The van der Waals surface area contributed by atoms with Crippen molar-refractivity contribution >= 4 is 5.97 Å². The van der Waals surface area contributed by atoms with Gasteiger partial charge in [0, 0.05) is 18.4 Å². The molecule has 0 aromatic carbocycles. The second kappa shape index (κ2) is 8.79. The Morgan fingerprint density at radius 2 is 2.04 bits per heavy atom. The summed E-state index contributed by atoms with van der Waals surface area (Å²) in [5, 5.41) is 0. The van der Waals surface area contributed by atoms with Crippen LogP contribution in [-0.2, 0) is 16.0 Å². The van der Waals surface area contributed by atoms with Gasteiger partial charge >= 0.3 is 5.97 Å². The van der Waals surface area contributed by atoms with Gasteiger partial charge in [0.1, 0.15) is 0 Å². The average molecular weight is 344 g/mol. The molecule has 1 saturated carbocycles. The molecule has 4 nitrogen and oxygen atoms in total. The molecule has 1 saturated heterocycles. The maximum absolute atomic E-state index is 11.6. The van der Waals surface area contributed by atoms with Crippen LogP contribution in [0.3, 0.4) is 0 Å². The molecule has 1 atom stereocenters. The van der Waals surface area contributed by atoms with Crippen LogP contribution in [0.4, 0.5) is 0 Å². The van der Waals surface area contributed by atoms with Crippen LogP contribution in [0, 0.1) is 11.8 Å². The zero-order valence-electron chi connectivity index (χ0n) is 15.7. The quantitative estimate of drug-likeness (QED) is 0.727. The molecule has 0 amide bonds. The van der Waals surface area contributed by atoms with Crippen LogP contribution >= 0.6 is 0 Å². The molecule has 1 unspecified atom stereocenters. The van der Waals surface area contributed by atoms with Crippen LogP contribution < -0.4 is 0 Å². The Labute approximate surface area is 152 Å². The molecule has 1 aromatic rings. The van der Waals surface area contributed by atoms with Crippen LogP contribution in [0.2, 0.25) is 0 Å². The van der Waals surface area contributed by atoms with Gasteiger partial charge in [0.15, 0.2) is 0 Å². The topological polar surface area (TPSA) is 42.4 Å². The molecule has 2 heterocycles. The first kappa shape index (κ1) is 18.4. The van der Waals surface area contributed by atoms with E-state index in [1.54, 1.807) is 0 Å². The smallest absolute Gasteiger partial charge is 0.308 e. The van der Waals surface area contributed by atoms with E-state index in [1.165, 1.54) is 63.3 Å². The SMILES string of the molecule is COC(=O)[C@H]1CC[C@H](CCCc2cncc(C3CCCN3C)c2)CC1. The van der Waals surface area contributed by atoms with E-state index in [0.717, 1.165) is 25.2 Å². The zero-order chi connectivity index (χ0) is 17.6. The molecule has 0 bridgehead atoms. The van der Waals surface area contributed by atoms with Crippen molar-refractivity contribution in [3.8, 4) is 0 Å². The third kappa shape index (κ3) is 4.81. The molecule has 138 valence electrons. The first-order valence-electron chi connectivity index (χ1n) is 9.89. The standard InChI is InChI=1S/C21H32N2O2/c1-23-12-4-7-20(23)19-13-17(14-22-15-19)6-3-5-16-8-10-18(11-9-16)21(24)25-2/h13-16,18,20H,3-12H2,1-2H3/t16-,18-,20?. The Morgan fingerprint density at radius 1 is 1.24 bits per heavy atom. The summed E-state index contributed by atoms with van der Waals surface area (Å²) >= 11 is 0. The molecule has 1 aliphatic heterocycles. The highest BCUT2D eigenvalue weighted by Crippen LogP contribution is 2.33. The van der Waals surface area contributed by atoms with Gasteiger partial charge in [-0.1, -0.05) is 12.5 Å². The van der Waals surface area contributed by atoms with Crippen molar-refractivity contribution in [2.24, 2.45) is 11.8 Å². The summed E-state index contributed by atoms with van der Waals surface area (Å²) in [6.45, 7) is 1.20. The van der Waals surface area contributed by atoms with E-state index in [4.69, 9.17) is 4.74 Å². The maximum Gasteiger partial charge on any atom is 0.308 e. The van der Waals surface area contributed by atoms with Crippen molar-refractivity contribution in [2.75, 3.05) is 20.7 Å². The van der Waals surface area contributed by atoms with Crippen LogP contribution in [0.1, 0.15) is 68.5 Å². The van der Waals surface area contributed by atoms with Crippen LogP contribution in [0.25, 0.3) is 0 Å². The fraction of sp³-hybridized carbons (Fsp3) is 0.714. The Bertz CT molecular complexity index is 567. The number of hydrogen-bond donors (Lipinski definition) is 0. The average Bonchev–Trinajstić information content (AvgIpc) is 3.08. The maximum atomic E-state index is 11.6. The summed E-state index contributed by atoms with van der Waals surface area (Å²) in [4.78, 5) is 18.5. The number of nitrogens with zero attached hydrogens (tertiary/aromatic N) is 2. The molecule has 25 heavy (non-hydrogen) atoms. The minimum Gasteiger partial charge on any atom is -0.469 e. The van der Waals surface area contributed by atoms with Gasteiger partial charge in [-0.15, -0.1) is 0 Å². The second-order valence-electron chi connectivity index (χ2n) is 7.90. The zero-order valence-corrected chi connectivity index (χ0v) is 15.7. The Kier molecular flexibility index (Phi) is 6.46.